The number of benzene rings is 1. The summed E-state index contributed by atoms with van der Waals surface area (Å²) in [5.74, 6) is -1.11. The van der Waals surface area contributed by atoms with E-state index in [2.05, 4.69) is 0 Å². The minimum Gasteiger partial charge on any atom is -0.496 e. The van der Waals surface area contributed by atoms with Crippen LogP contribution in [0.15, 0.2) is 23.8 Å². The van der Waals surface area contributed by atoms with E-state index in [9.17, 15) is 18.0 Å². The monoisotopic (exact) mass is 288 g/mol. The van der Waals surface area contributed by atoms with Crippen molar-refractivity contribution in [2.75, 3.05) is 7.11 Å². The van der Waals surface area contributed by atoms with Gasteiger partial charge in [-0.15, -0.1) is 0 Å². The average molecular weight is 288 g/mol. The number of hydrogen-bond acceptors (Lipinski definition) is 3. The second kappa shape index (κ2) is 5.44. The Morgan fingerprint density at radius 3 is 2.65 bits per heavy atom. The molecule has 2 unspecified atom stereocenters. The third kappa shape index (κ3) is 2.43. The van der Waals surface area contributed by atoms with Crippen LogP contribution in [0.4, 0.5) is 13.2 Å². The highest BCUT2D eigenvalue weighted by molar-refractivity contribution is 5.95. The van der Waals surface area contributed by atoms with Gasteiger partial charge in [-0.3, -0.25) is 0 Å². The predicted molar refractivity (Wildman–Crippen MR) is 63.9 cm³/mol. The lowest BCUT2D eigenvalue weighted by molar-refractivity contribution is -0.134. The molecule has 1 aromatic rings. The molecular formula is C13H11F3O4. The summed E-state index contributed by atoms with van der Waals surface area (Å²) in [6.45, 7) is 0. The van der Waals surface area contributed by atoms with Crippen molar-refractivity contribution in [3.05, 3.63) is 29.3 Å². The maximum absolute atomic E-state index is 13.5. The minimum atomic E-state index is -3.34. The molecule has 1 aliphatic heterocycles. The van der Waals surface area contributed by atoms with Crippen LogP contribution in [0.2, 0.25) is 0 Å². The summed E-state index contributed by atoms with van der Waals surface area (Å²) in [6, 6.07) is 4.51. The number of alkyl halides is 3. The highest BCUT2D eigenvalue weighted by Gasteiger charge is 2.40. The van der Waals surface area contributed by atoms with Crippen molar-refractivity contribution in [1.29, 1.82) is 0 Å². The lowest BCUT2D eigenvalue weighted by Crippen LogP contribution is -2.39. The van der Waals surface area contributed by atoms with Crippen LogP contribution in [0, 0.1) is 0 Å². The standard InChI is InChI=1S/C13H11F3O4/c1-19-8-3-2-4-9-6(8)5-7(13(17)18)11(20-9)10(14)12(15)16/h2-5,10-12H,1H3,(H,17,18). The van der Waals surface area contributed by atoms with Gasteiger partial charge in [-0.2, -0.15) is 0 Å². The normalized spacial score (nSPS) is 18.9. The molecule has 4 nitrogen and oxygen atoms in total. The first-order valence-corrected chi connectivity index (χ1v) is 5.66. The smallest absolute Gasteiger partial charge is 0.335 e. The fourth-order valence-corrected chi connectivity index (χ4v) is 1.94. The molecule has 20 heavy (non-hydrogen) atoms. The van der Waals surface area contributed by atoms with Gasteiger partial charge in [0.15, 0.2) is 6.10 Å². The number of hydrogen-bond donors (Lipinski definition) is 1. The molecule has 0 aromatic heterocycles. The number of carbonyl (C=O) groups is 1. The van der Waals surface area contributed by atoms with Crippen molar-refractivity contribution in [2.24, 2.45) is 0 Å². The van der Waals surface area contributed by atoms with E-state index in [1.165, 1.54) is 19.2 Å². The molecule has 2 atom stereocenters. The van der Waals surface area contributed by atoms with Crippen LogP contribution in [0.5, 0.6) is 11.5 Å². The van der Waals surface area contributed by atoms with Gasteiger partial charge in [0, 0.05) is 0 Å². The summed E-state index contributed by atoms with van der Waals surface area (Å²) < 4.78 is 48.5. The molecule has 0 spiro atoms. The number of carboxylic acid groups (broad SMARTS) is 1. The summed E-state index contributed by atoms with van der Waals surface area (Å²) in [7, 11) is 1.37. The maximum atomic E-state index is 13.5. The first-order valence-electron chi connectivity index (χ1n) is 5.66. The summed E-state index contributed by atoms with van der Waals surface area (Å²) in [4.78, 5) is 11.1. The topological polar surface area (TPSA) is 55.8 Å². The van der Waals surface area contributed by atoms with Crippen molar-refractivity contribution in [1.82, 2.24) is 0 Å². The molecule has 1 aliphatic rings. The van der Waals surface area contributed by atoms with Gasteiger partial charge in [0.05, 0.1) is 18.2 Å². The van der Waals surface area contributed by atoms with Gasteiger partial charge in [0.1, 0.15) is 11.5 Å². The molecule has 0 radical (unpaired) electrons. The van der Waals surface area contributed by atoms with Gasteiger partial charge in [0.25, 0.3) is 6.43 Å². The second-order valence-corrected chi connectivity index (χ2v) is 4.09. The van der Waals surface area contributed by atoms with E-state index in [4.69, 9.17) is 14.6 Å². The van der Waals surface area contributed by atoms with Crippen LogP contribution in [-0.4, -0.2) is 36.9 Å². The van der Waals surface area contributed by atoms with Crippen molar-refractivity contribution >= 4 is 12.0 Å². The zero-order chi connectivity index (χ0) is 14.9. The molecule has 108 valence electrons. The summed E-state index contributed by atoms with van der Waals surface area (Å²) in [5.41, 5.74) is -0.292. The molecule has 1 aromatic carbocycles. The number of halogens is 3. The molecule has 0 saturated heterocycles. The third-order valence-electron chi connectivity index (χ3n) is 2.88. The predicted octanol–water partition coefficient (Wildman–Crippen LogP) is 2.53. The second-order valence-electron chi connectivity index (χ2n) is 4.09. The molecule has 0 amide bonds. The summed E-state index contributed by atoms with van der Waals surface area (Å²) in [5, 5.41) is 9.03. The fourth-order valence-electron chi connectivity index (χ4n) is 1.94. The number of carboxylic acids is 1. The van der Waals surface area contributed by atoms with E-state index in [1.807, 2.05) is 0 Å². The average Bonchev–Trinajstić information content (AvgIpc) is 2.43. The third-order valence-corrected chi connectivity index (χ3v) is 2.88. The highest BCUT2D eigenvalue weighted by Crippen LogP contribution is 2.38. The minimum absolute atomic E-state index is 0.0997. The lowest BCUT2D eigenvalue weighted by atomic mass is 9.98. The van der Waals surface area contributed by atoms with Gasteiger partial charge >= 0.3 is 5.97 Å². The van der Waals surface area contributed by atoms with Crippen molar-refractivity contribution in [2.45, 2.75) is 18.7 Å². The Balaban J connectivity index is 2.50. The van der Waals surface area contributed by atoms with Crippen LogP contribution in [0.25, 0.3) is 6.08 Å². The molecule has 1 N–H and O–H groups in total. The Bertz CT molecular complexity index is 557. The van der Waals surface area contributed by atoms with E-state index in [1.54, 1.807) is 6.07 Å². The van der Waals surface area contributed by atoms with Gasteiger partial charge in [-0.1, -0.05) is 6.07 Å². The quantitative estimate of drug-likeness (QED) is 0.925. The number of rotatable bonds is 4. The zero-order valence-electron chi connectivity index (χ0n) is 10.3. The summed E-state index contributed by atoms with van der Waals surface area (Å²) in [6.07, 6.45) is -6.82. The van der Waals surface area contributed by atoms with Crippen LogP contribution < -0.4 is 9.47 Å². The molecule has 0 fully saturated rings. The van der Waals surface area contributed by atoms with E-state index in [0.717, 1.165) is 6.08 Å². The SMILES string of the molecule is COc1cccc2c1C=C(C(=O)O)C(C(F)C(F)F)O2. The Labute approximate surface area is 112 Å². The van der Waals surface area contributed by atoms with Gasteiger partial charge in [-0.05, 0) is 18.2 Å². The Kier molecular flexibility index (Phi) is 3.87. The van der Waals surface area contributed by atoms with Crippen molar-refractivity contribution in [3.8, 4) is 11.5 Å². The highest BCUT2D eigenvalue weighted by atomic mass is 19.3. The van der Waals surface area contributed by atoms with E-state index >= 15 is 0 Å². The van der Waals surface area contributed by atoms with Crippen molar-refractivity contribution in [3.63, 3.8) is 0 Å². The van der Waals surface area contributed by atoms with Gasteiger partial charge in [-0.25, -0.2) is 18.0 Å². The van der Waals surface area contributed by atoms with Crippen LogP contribution in [0.3, 0.4) is 0 Å². The van der Waals surface area contributed by atoms with Crippen LogP contribution >= 0.6 is 0 Å². The molecule has 0 aliphatic carbocycles. The molecule has 2 rings (SSSR count). The van der Waals surface area contributed by atoms with E-state index < -0.39 is 30.2 Å². The largest absolute Gasteiger partial charge is 0.496 e. The van der Waals surface area contributed by atoms with Gasteiger partial charge in [0.2, 0.25) is 6.17 Å². The molecular weight excluding hydrogens is 277 g/mol. The molecule has 7 heteroatoms. The molecule has 0 bridgehead atoms. The Morgan fingerprint density at radius 1 is 1.40 bits per heavy atom. The van der Waals surface area contributed by atoms with Gasteiger partial charge < -0.3 is 14.6 Å². The number of methoxy groups -OCH3 is 1. The van der Waals surface area contributed by atoms with Crippen LogP contribution in [0.1, 0.15) is 5.56 Å². The van der Waals surface area contributed by atoms with Crippen LogP contribution in [-0.2, 0) is 4.79 Å². The lowest BCUT2D eigenvalue weighted by Gasteiger charge is -2.28. The van der Waals surface area contributed by atoms with E-state index in [-0.39, 0.29) is 11.3 Å². The maximum Gasteiger partial charge on any atom is 0.335 e. The first kappa shape index (κ1) is 14.2. The number of ether oxygens (including phenoxy) is 2. The van der Waals surface area contributed by atoms with E-state index in [0.29, 0.717) is 5.75 Å². The summed E-state index contributed by atoms with van der Waals surface area (Å²) >= 11 is 0. The molecule has 1 heterocycles. The fraction of sp³-hybridized carbons (Fsp3) is 0.308. The number of aliphatic carboxylic acids is 1. The number of fused-ring (bicyclic) bond motifs is 1. The first-order chi connectivity index (χ1) is 9.45. The Morgan fingerprint density at radius 2 is 2.10 bits per heavy atom. The van der Waals surface area contributed by atoms with Crippen molar-refractivity contribution < 1.29 is 32.5 Å². The Hall–Kier alpha value is -2.18. The molecule has 0 saturated carbocycles. The zero-order valence-corrected chi connectivity index (χ0v) is 10.3.